The number of nitrogens with zero attached hydrogens (tertiary/aromatic N) is 3. The summed E-state index contributed by atoms with van der Waals surface area (Å²) in [6.07, 6.45) is 2.73. The predicted octanol–water partition coefficient (Wildman–Crippen LogP) is -0.0631. The average Bonchev–Trinajstić information content (AvgIpc) is 2.84. The summed E-state index contributed by atoms with van der Waals surface area (Å²) in [5.41, 5.74) is 0.927. The summed E-state index contributed by atoms with van der Waals surface area (Å²) in [5, 5.41) is 11.4. The Labute approximate surface area is 138 Å². The number of carbonyl (C=O) groups is 4. The maximum atomic E-state index is 12.3. The van der Waals surface area contributed by atoms with Gasteiger partial charge in [0.1, 0.15) is 18.8 Å². The van der Waals surface area contributed by atoms with Gasteiger partial charge in [0.05, 0.1) is 12.0 Å². The van der Waals surface area contributed by atoms with E-state index in [-0.39, 0.29) is 24.7 Å². The zero-order chi connectivity index (χ0) is 18.0. The minimum absolute atomic E-state index is 0.0583. The Bertz CT molecular complexity index is 747. The molecular weight excluding hydrogens is 316 g/mol. The number of piperazine rings is 1. The molecule has 1 fully saturated rings. The largest absolute Gasteiger partial charge is 0.480 e. The molecule has 0 atom stereocenters. The maximum Gasteiger partial charge on any atom is 0.323 e. The van der Waals surface area contributed by atoms with Crippen molar-refractivity contribution < 1.29 is 24.3 Å². The number of imide groups is 1. The SMILES string of the molecule is CC(=O)N1CC(=O)NC(=Cc2ncn(CC(=O)O)c2C(C)C)C1=O. The van der Waals surface area contributed by atoms with E-state index in [4.69, 9.17) is 5.11 Å². The van der Waals surface area contributed by atoms with E-state index in [0.717, 1.165) is 4.90 Å². The van der Waals surface area contributed by atoms with Gasteiger partial charge in [0.25, 0.3) is 5.91 Å². The Balaban J connectivity index is 2.44. The Kier molecular flexibility index (Phi) is 4.82. The van der Waals surface area contributed by atoms with Crippen LogP contribution >= 0.6 is 0 Å². The quantitative estimate of drug-likeness (QED) is 0.744. The molecule has 1 aromatic rings. The van der Waals surface area contributed by atoms with Crippen molar-refractivity contribution in [1.29, 1.82) is 0 Å². The first-order valence-electron chi connectivity index (χ1n) is 7.31. The third-order valence-corrected chi connectivity index (χ3v) is 3.47. The number of aromatic nitrogens is 2. The highest BCUT2D eigenvalue weighted by Gasteiger charge is 2.31. The molecule has 9 nitrogen and oxygen atoms in total. The summed E-state index contributed by atoms with van der Waals surface area (Å²) in [4.78, 5) is 51.3. The van der Waals surface area contributed by atoms with Crippen LogP contribution in [0, 0.1) is 0 Å². The van der Waals surface area contributed by atoms with E-state index in [9.17, 15) is 19.2 Å². The number of aliphatic carboxylic acids is 1. The third-order valence-electron chi connectivity index (χ3n) is 3.47. The maximum absolute atomic E-state index is 12.3. The van der Waals surface area contributed by atoms with Gasteiger partial charge in [-0.25, -0.2) is 4.98 Å². The fourth-order valence-corrected chi connectivity index (χ4v) is 2.51. The summed E-state index contributed by atoms with van der Waals surface area (Å²) >= 11 is 0. The van der Waals surface area contributed by atoms with E-state index in [1.807, 2.05) is 13.8 Å². The molecular formula is C15H18N4O5. The van der Waals surface area contributed by atoms with Gasteiger partial charge in [-0.15, -0.1) is 0 Å². The molecule has 0 bridgehead atoms. The molecule has 2 N–H and O–H groups in total. The van der Waals surface area contributed by atoms with E-state index in [2.05, 4.69) is 10.3 Å². The van der Waals surface area contributed by atoms with Crippen LogP contribution in [0.25, 0.3) is 6.08 Å². The number of imidazole rings is 1. The number of rotatable bonds is 4. The number of carboxylic acids is 1. The van der Waals surface area contributed by atoms with Crippen LogP contribution in [0.1, 0.15) is 38.1 Å². The molecule has 128 valence electrons. The molecule has 2 heterocycles. The molecule has 0 aliphatic carbocycles. The monoisotopic (exact) mass is 334 g/mol. The van der Waals surface area contributed by atoms with E-state index in [0.29, 0.717) is 11.4 Å². The summed E-state index contributed by atoms with van der Waals surface area (Å²) in [6.45, 7) is 4.34. The predicted molar refractivity (Wildman–Crippen MR) is 82.5 cm³/mol. The Morgan fingerprint density at radius 3 is 2.62 bits per heavy atom. The van der Waals surface area contributed by atoms with Gasteiger partial charge in [-0.2, -0.15) is 0 Å². The van der Waals surface area contributed by atoms with E-state index in [1.54, 1.807) is 0 Å². The highest BCUT2D eigenvalue weighted by Crippen LogP contribution is 2.22. The molecule has 9 heteroatoms. The lowest BCUT2D eigenvalue weighted by atomic mass is 10.1. The van der Waals surface area contributed by atoms with E-state index >= 15 is 0 Å². The molecule has 2 rings (SSSR count). The third kappa shape index (κ3) is 3.50. The lowest BCUT2D eigenvalue weighted by Gasteiger charge is -2.25. The highest BCUT2D eigenvalue weighted by atomic mass is 16.4. The number of amides is 3. The van der Waals surface area contributed by atoms with Crippen molar-refractivity contribution in [2.24, 2.45) is 0 Å². The smallest absolute Gasteiger partial charge is 0.323 e. The van der Waals surface area contributed by atoms with Gasteiger partial charge in [-0.05, 0) is 12.0 Å². The summed E-state index contributed by atoms with van der Waals surface area (Å²) in [7, 11) is 0. The molecule has 1 aromatic heterocycles. The summed E-state index contributed by atoms with van der Waals surface area (Å²) < 4.78 is 1.47. The zero-order valence-corrected chi connectivity index (χ0v) is 13.6. The molecule has 0 unspecified atom stereocenters. The number of carbonyl (C=O) groups excluding carboxylic acids is 3. The molecule has 1 aliphatic heterocycles. The second kappa shape index (κ2) is 6.65. The van der Waals surface area contributed by atoms with Crippen molar-refractivity contribution >= 4 is 29.8 Å². The normalized spacial score (nSPS) is 16.7. The summed E-state index contributed by atoms with van der Waals surface area (Å²) in [5.74, 6) is -2.70. The Morgan fingerprint density at radius 2 is 2.08 bits per heavy atom. The van der Waals surface area contributed by atoms with Crippen LogP contribution < -0.4 is 5.32 Å². The van der Waals surface area contributed by atoms with Crippen LogP contribution in [-0.2, 0) is 25.7 Å². The average molecular weight is 334 g/mol. The Hall–Kier alpha value is -2.97. The number of hydrogen-bond donors (Lipinski definition) is 2. The fourth-order valence-electron chi connectivity index (χ4n) is 2.51. The zero-order valence-electron chi connectivity index (χ0n) is 13.6. The standard InChI is InChI=1S/C15H18N4O5/c1-8(2)14-10(16-7-18(14)6-13(22)23)4-11-15(24)19(9(3)20)5-12(21)17-11/h4,7-8H,5-6H2,1-3H3,(H,17,21)(H,22,23). The molecule has 0 radical (unpaired) electrons. The van der Waals surface area contributed by atoms with Crippen LogP contribution in [0.3, 0.4) is 0 Å². The van der Waals surface area contributed by atoms with Crippen molar-refractivity contribution in [2.45, 2.75) is 33.2 Å². The molecule has 24 heavy (non-hydrogen) atoms. The van der Waals surface area contributed by atoms with Gasteiger partial charge in [0.2, 0.25) is 11.8 Å². The topological polar surface area (TPSA) is 122 Å². The van der Waals surface area contributed by atoms with Crippen LogP contribution in [0.15, 0.2) is 12.0 Å². The van der Waals surface area contributed by atoms with Crippen molar-refractivity contribution in [1.82, 2.24) is 19.8 Å². The fraction of sp³-hybridized carbons (Fsp3) is 0.400. The van der Waals surface area contributed by atoms with Gasteiger partial charge < -0.3 is 15.0 Å². The molecule has 1 saturated heterocycles. The Morgan fingerprint density at radius 1 is 1.42 bits per heavy atom. The second-order valence-electron chi connectivity index (χ2n) is 5.71. The molecule has 0 aromatic carbocycles. The number of hydrogen-bond acceptors (Lipinski definition) is 5. The van der Waals surface area contributed by atoms with Gasteiger partial charge in [0, 0.05) is 12.6 Å². The first kappa shape index (κ1) is 17.4. The minimum atomic E-state index is -1.02. The molecule has 0 saturated carbocycles. The van der Waals surface area contributed by atoms with Gasteiger partial charge in [0.15, 0.2) is 0 Å². The van der Waals surface area contributed by atoms with Crippen LogP contribution in [0.2, 0.25) is 0 Å². The van der Waals surface area contributed by atoms with Crippen LogP contribution in [0.4, 0.5) is 0 Å². The molecule has 3 amide bonds. The second-order valence-corrected chi connectivity index (χ2v) is 5.71. The van der Waals surface area contributed by atoms with Crippen molar-refractivity contribution in [3.05, 3.63) is 23.4 Å². The minimum Gasteiger partial charge on any atom is -0.480 e. The first-order chi connectivity index (χ1) is 11.2. The first-order valence-corrected chi connectivity index (χ1v) is 7.31. The van der Waals surface area contributed by atoms with Crippen molar-refractivity contribution in [2.75, 3.05) is 6.54 Å². The van der Waals surface area contributed by atoms with Crippen LogP contribution in [0.5, 0.6) is 0 Å². The van der Waals surface area contributed by atoms with Gasteiger partial charge in [-0.1, -0.05) is 13.8 Å². The van der Waals surface area contributed by atoms with Crippen molar-refractivity contribution in [3.8, 4) is 0 Å². The lowest BCUT2D eigenvalue weighted by molar-refractivity contribution is -0.147. The van der Waals surface area contributed by atoms with Gasteiger partial charge >= 0.3 is 5.97 Å². The number of nitrogens with one attached hydrogen (secondary N) is 1. The molecule has 1 aliphatic rings. The number of carboxylic acid groups (broad SMARTS) is 1. The van der Waals surface area contributed by atoms with Crippen LogP contribution in [-0.4, -0.2) is 49.8 Å². The lowest BCUT2D eigenvalue weighted by Crippen LogP contribution is -2.51. The van der Waals surface area contributed by atoms with E-state index < -0.39 is 23.7 Å². The molecule has 0 spiro atoms. The summed E-state index contributed by atoms with van der Waals surface area (Å²) in [6, 6.07) is 0. The highest BCUT2D eigenvalue weighted by molar-refractivity contribution is 6.12. The van der Waals surface area contributed by atoms with Gasteiger partial charge in [-0.3, -0.25) is 24.1 Å². The van der Waals surface area contributed by atoms with E-state index in [1.165, 1.54) is 23.9 Å². The van der Waals surface area contributed by atoms with Crippen molar-refractivity contribution in [3.63, 3.8) is 0 Å².